The molecule has 0 amide bonds. The molecule has 0 heterocycles. The number of halogens is 1. The fourth-order valence-electron chi connectivity index (χ4n) is 2.48. The van der Waals surface area contributed by atoms with Crippen molar-refractivity contribution in [3.8, 4) is 0 Å². The Bertz CT molecular complexity index is 658. The van der Waals surface area contributed by atoms with Crippen LogP contribution in [0.15, 0.2) is 65.6 Å². The normalized spacial score (nSPS) is 14.9. The Kier molecular flexibility index (Phi) is 6.55. The minimum atomic E-state index is -1.56. The molecule has 2 unspecified atom stereocenters. The largest absolute Gasteiger partial charge is 0.297 e. The second-order valence-electron chi connectivity index (χ2n) is 5.47. The molecule has 4 heteroatoms. The van der Waals surface area contributed by atoms with Gasteiger partial charge in [0.05, 0.1) is 10.8 Å². The summed E-state index contributed by atoms with van der Waals surface area (Å²) in [6, 6.07) is 18.8. The van der Waals surface area contributed by atoms with Gasteiger partial charge in [0.2, 0.25) is 0 Å². The van der Waals surface area contributed by atoms with Crippen LogP contribution < -0.4 is 0 Å². The summed E-state index contributed by atoms with van der Waals surface area (Å²) < 4.78 is 11.5. The maximum atomic E-state index is 12.9. The van der Waals surface area contributed by atoms with Gasteiger partial charge in [-0.1, -0.05) is 73.5 Å². The molecule has 23 heavy (non-hydrogen) atoms. The zero-order valence-electron chi connectivity index (χ0n) is 13.2. The van der Waals surface area contributed by atoms with Crippen LogP contribution in [0.4, 0.5) is 0 Å². The molecule has 2 rings (SSSR count). The van der Waals surface area contributed by atoms with Crippen LogP contribution in [0.2, 0.25) is 0 Å². The van der Waals surface area contributed by atoms with Crippen LogP contribution in [0, 0.1) is 0 Å². The van der Waals surface area contributed by atoms with Gasteiger partial charge < -0.3 is 0 Å². The first kappa shape index (κ1) is 17.9. The van der Waals surface area contributed by atoms with Crippen molar-refractivity contribution in [2.24, 2.45) is 0 Å². The number of Topliss-reactive ketones (excluding diaryl/α,β-unsaturated/α-hetero) is 1. The smallest absolute Gasteiger partial charge is 0.181 e. The average molecular weight is 349 g/mol. The fourth-order valence-corrected chi connectivity index (χ4v) is 4.50. The zero-order chi connectivity index (χ0) is 16.7. The van der Waals surface area contributed by atoms with Crippen LogP contribution in [-0.4, -0.2) is 14.2 Å². The Morgan fingerprint density at radius 1 is 1.04 bits per heavy atom. The lowest BCUT2D eigenvalue weighted by Gasteiger charge is -2.24. The number of carbonyl (C=O) groups is 1. The first-order chi connectivity index (χ1) is 11.1. The number of ketones is 1. The van der Waals surface area contributed by atoms with E-state index in [9.17, 15) is 9.00 Å². The molecule has 0 fully saturated rings. The van der Waals surface area contributed by atoms with E-state index in [1.807, 2.05) is 55.5 Å². The van der Waals surface area contributed by atoms with Gasteiger partial charge in [-0.2, -0.15) is 0 Å². The van der Waals surface area contributed by atoms with Gasteiger partial charge in [0, 0.05) is 11.3 Å². The maximum Gasteiger partial charge on any atom is 0.181 e. The number of carbonyl (C=O) groups excluding carboxylic acids is 1. The van der Waals surface area contributed by atoms with E-state index in [0.717, 1.165) is 5.56 Å². The zero-order valence-corrected chi connectivity index (χ0v) is 14.8. The molecule has 0 aliphatic rings. The van der Waals surface area contributed by atoms with Crippen molar-refractivity contribution in [2.45, 2.75) is 41.7 Å². The van der Waals surface area contributed by atoms with Crippen molar-refractivity contribution in [1.82, 2.24) is 0 Å². The molecule has 0 bridgehead atoms. The highest BCUT2D eigenvalue weighted by Gasteiger charge is 2.41. The summed E-state index contributed by atoms with van der Waals surface area (Å²) >= 11 is 6.59. The number of alkyl halides is 1. The molecule has 0 aliphatic heterocycles. The second-order valence-corrected chi connectivity index (χ2v) is 8.04. The number of rotatable bonds is 8. The molecule has 0 aromatic heterocycles. The predicted octanol–water partition coefficient (Wildman–Crippen LogP) is 4.73. The predicted molar refractivity (Wildman–Crippen MR) is 96.1 cm³/mol. The molecule has 2 nitrogen and oxygen atoms in total. The molecule has 0 radical (unpaired) electrons. The third kappa shape index (κ3) is 4.52. The van der Waals surface area contributed by atoms with Gasteiger partial charge in [0.25, 0.3) is 0 Å². The molecular weight excluding hydrogens is 328 g/mol. The Morgan fingerprint density at radius 3 is 2.17 bits per heavy atom. The van der Waals surface area contributed by atoms with Crippen LogP contribution in [0.1, 0.15) is 31.7 Å². The van der Waals surface area contributed by atoms with E-state index < -0.39 is 15.0 Å². The second kappa shape index (κ2) is 8.42. The minimum Gasteiger partial charge on any atom is -0.297 e. The topological polar surface area (TPSA) is 34.1 Å². The SMILES string of the molecule is CCCC(Cl)(C(=O)CCc1ccccc1)S(=O)c1ccccc1. The maximum absolute atomic E-state index is 12.9. The summed E-state index contributed by atoms with van der Waals surface area (Å²) in [6.45, 7) is 1.95. The standard InChI is InChI=1S/C19H21ClO2S/c1-2-15-19(20,23(22)17-11-7-4-8-12-17)18(21)14-13-16-9-5-3-6-10-16/h3-12H,2,13-15H2,1H3. The molecule has 0 saturated heterocycles. The van der Waals surface area contributed by atoms with Gasteiger partial charge in [-0.15, -0.1) is 0 Å². The number of hydrogen-bond donors (Lipinski definition) is 0. The molecular formula is C19H21ClO2S. The van der Waals surface area contributed by atoms with Crippen LogP contribution in [0.3, 0.4) is 0 Å². The lowest BCUT2D eigenvalue weighted by Crippen LogP contribution is -2.37. The first-order valence-electron chi connectivity index (χ1n) is 7.81. The average Bonchev–Trinajstić information content (AvgIpc) is 2.60. The Balaban J connectivity index is 2.15. The molecule has 0 spiro atoms. The lowest BCUT2D eigenvalue weighted by molar-refractivity contribution is -0.119. The highest BCUT2D eigenvalue weighted by atomic mass is 35.5. The van der Waals surface area contributed by atoms with Crippen molar-refractivity contribution < 1.29 is 9.00 Å². The lowest BCUT2D eigenvalue weighted by atomic mass is 10.0. The molecule has 122 valence electrons. The van der Waals surface area contributed by atoms with E-state index in [0.29, 0.717) is 30.6 Å². The summed E-state index contributed by atoms with van der Waals surface area (Å²) in [5.74, 6) is -0.146. The Labute approximate surface area is 145 Å². The van der Waals surface area contributed by atoms with E-state index in [2.05, 4.69) is 0 Å². The van der Waals surface area contributed by atoms with Crippen molar-refractivity contribution in [1.29, 1.82) is 0 Å². The summed E-state index contributed by atoms with van der Waals surface area (Å²) in [5.41, 5.74) is 1.09. The highest BCUT2D eigenvalue weighted by Crippen LogP contribution is 2.33. The van der Waals surface area contributed by atoms with Gasteiger partial charge >= 0.3 is 0 Å². The van der Waals surface area contributed by atoms with Gasteiger partial charge in [0.15, 0.2) is 9.99 Å². The molecule has 0 saturated carbocycles. The molecule has 0 aliphatic carbocycles. The molecule has 2 aromatic rings. The summed E-state index contributed by atoms with van der Waals surface area (Å²) in [4.78, 5) is 13.3. The van der Waals surface area contributed by atoms with Gasteiger partial charge in [-0.05, 0) is 30.5 Å². The van der Waals surface area contributed by atoms with E-state index in [4.69, 9.17) is 11.6 Å². The van der Waals surface area contributed by atoms with Crippen molar-refractivity contribution in [3.05, 3.63) is 66.2 Å². The van der Waals surface area contributed by atoms with Crippen molar-refractivity contribution in [2.75, 3.05) is 0 Å². The van der Waals surface area contributed by atoms with Crippen molar-refractivity contribution in [3.63, 3.8) is 0 Å². The third-order valence-electron chi connectivity index (χ3n) is 3.72. The highest BCUT2D eigenvalue weighted by molar-refractivity contribution is 7.89. The van der Waals surface area contributed by atoms with Gasteiger partial charge in [-0.25, -0.2) is 0 Å². The molecule has 0 N–H and O–H groups in total. The summed E-state index contributed by atoms with van der Waals surface area (Å²) in [6.07, 6.45) is 2.03. The van der Waals surface area contributed by atoms with Crippen molar-refractivity contribution >= 4 is 28.2 Å². The monoisotopic (exact) mass is 348 g/mol. The molecule has 2 atom stereocenters. The number of aryl methyl sites for hydroxylation is 1. The number of hydrogen-bond acceptors (Lipinski definition) is 2. The van der Waals surface area contributed by atoms with E-state index in [1.54, 1.807) is 12.1 Å². The molecule has 2 aromatic carbocycles. The first-order valence-corrected chi connectivity index (χ1v) is 9.33. The van der Waals surface area contributed by atoms with Gasteiger partial charge in [-0.3, -0.25) is 9.00 Å². The summed E-state index contributed by atoms with van der Waals surface area (Å²) in [5, 5.41) is 0. The number of benzene rings is 2. The summed E-state index contributed by atoms with van der Waals surface area (Å²) in [7, 11) is -1.56. The van der Waals surface area contributed by atoms with Crippen LogP contribution in [0.25, 0.3) is 0 Å². The minimum absolute atomic E-state index is 0.146. The van der Waals surface area contributed by atoms with E-state index >= 15 is 0 Å². The van der Waals surface area contributed by atoms with Crippen LogP contribution >= 0.6 is 11.6 Å². The Hall–Kier alpha value is -1.45. The Morgan fingerprint density at radius 2 is 1.61 bits per heavy atom. The van der Waals surface area contributed by atoms with E-state index in [-0.39, 0.29) is 5.78 Å². The fraction of sp³-hybridized carbons (Fsp3) is 0.316. The van der Waals surface area contributed by atoms with Gasteiger partial charge in [0.1, 0.15) is 0 Å². The van der Waals surface area contributed by atoms with Crippen LogP contribution in [-0.2, 0) is 22.0 Å². The quantitative estimate of drug-likeness (QED) is 0.646. The van der Waals surface area contributed by atoms with Crippen LogP contribution in [0.5, 0.6) is 0 Å². The third-order valence-corrected chi connectivity index (χ3v) is 6.26. The van der Waals surface area contributed by atoms with E-state index in [1.165, 1.54) is 0 Å².